The molecule has 1 aromatic heterocycles. The molecule has 1 aromatic carbocycles. The molecule has 0 saturated carbocycles. The number of nitrogens with zero attached hydrogens (tertiary/aromatic N) is 2. The van der Waals surface area contributed by atoms with Gasteiger partial charge in [-0.1, -0.05) is 24.3 Å². The molecular formula is C22H30N2OS. The van der Waals surface area contributed by atoms with Crippen LogP contribution in [0.2, 0.25) is 0 Å². The zero-order valence-electron chi connectivity index (χ0n) is 15.8. The number of hydrogen-bond acceptors (Lipinski definition) is 4. The average molecular weight is 371 g/mol. The predicted molar refractivity (Wildman–Crippen MR) is 108 cm³/mol. The third-order valence-corrected chi connectivity index (χ3v) is 6.67. The molecule has 2 saturated heterocycles. The standard InChI is InChI=1S/C22H30N2OS/c1-23(17-20-10-11-22(26-20)21-9-6-14-25-21)15-18-7-2-3-8-19(18)16-24-12-4-5-13-24/h2-3,7-8,10-11,21H,4-6,9,12-17H2,1H3/t21-/m1/s1. The van der Waals surface area contributed by atoms with Gasteiger partial charge in [0.05, 0.1) is 6.10 Å². The summed E-state index contributed by atoms with van der Waals surface area (Å²) < 4.78 is 5.82. The van der Waals surface area contributed by atoms with Gasteiger partial charge in [0.25, 0.3) is 0 Å². The molecule has 0 bridgehead atoms. The molecule has 3 heterocycles. The summed E-state index contributed by atoms with van der Waals surface area (Å²) in [5, 5.41) is 0. The van der Waals surface area contributed by atoms with E-state index in [0.717, 1.165) is 26.2 Å². The lowest BCUT2D eigenvalue weighted by Gasteiger charge is -2.21. The van der Waals surface area contributed by atoms with Crippen molar-refractivity contribution in [3.05, 3.63) is 57.3 Å². The molecular weight excluding hydrogens is 340 g/mol. The molecule has 4 rings (SSSR count). The summed E-state index contributed by atoms with van der Waals surface area (Å²) in [4.78, 5) is 7.87. The monoisotopic (exact) mass is 370 g/mol. The summed E-state index contributed by atoms with van der Waals surface area (Å²) in [6.07, 6.45) is 5.44. The van der Waals surface area contributed by atoms with Crippen LogP contribution in [0.15, 0.2) is 36.4 Å². The fraction of sp³-hybridized carbons (Fsp3) is 0.545. The van der Waals surface area contributed by atoms with Crippen molar-refractivity contribution in [3.8, 4) is 0 Å². The Morgan fingerprint density at radius 2 is 1.85 bits per heavy atom. The van der Waals surface area contributed by atoms with Crippen LogP contribution in [0.4, 0.5) is 0 Å². The highest BCUT2D eigenvalue weighted by Crippen LogP contribution is 2.33. The van der Waals surface area contributed by atoms with Gasteiger partial charge >= 0.3 is 0 Å². The molecule has 0 radical (unpaired) electrons. The van der Waals surface area contributed by atoms with Gasteiger partial charge in [0.1, 0.15) is 0 Å². The molecule has 0 aliphatic carbocycles. The number of ether oxygens (including phenoxy) is 1. The fourth-order valence-corrected chi connectivity index (χ4v) is 5.29. The van der Waals surface area contributed by atoms with Crippen LogP contribution in [-0.4, -0.2) is 36.5 Å². The quantitative estimate of drug-likeness (QED) is 0.694. The Morgan fingerprint density at radius 3 is 2.62 bits per heavy atom. The second kappa shape index (κ2) is 8.66. The second-order valence-electron chi connectivity index (χ2n) is 7.73. The largest absolute Gasteiger partial charge is 0.373 e. The first-order valence-corrected chi connectivity index (χ1v) is 10.8. The van der Waals surface area contributed by atoms with E-state index in [4.69, 9.17) is 4.74 Å². The van der Waals surface area contributed by atoms with E-state index < -0.39 is 0 Å². The smallest absolute Gasteiger partial charge is 0.0917 e. The lowest BCUT2D eigenvalue weighted by Crippen LogP contribution is -2.22. The lowest BCUT2D eigenvalue weighted by atomic mass is 10.1. The van der Waals surface area contributed by atoms with E-state index in [2.05, 4.69) is 53.2 Å². The van der Waals surface area contributed by atoms with E-state index in [1.54, 1.807) is 0 Å². The first kappa shape index (κ1) is 18.2. The van der Waals surface area contributed by atoms with Crippen LogP contribution >= 0.6 is 11.3 Å². The zero-order valence-corrected chi connectivity index (χ0v) is 16.6. The van der Waals surface area contributed by atoms with Crippen molar-refractivity contribution in [1.29, 1.82) is 0 Å². The SMILES string of the molecule is CN(Cc1ccc([C@H]2CCCO2)s1)Cc1ccccc1CN1CCCC1. The Bertz CT molecular complexity index is 702. The summed E-state index contributed by atoms with van der Waals surface area (Å²) in [7, 11) is 2.23. The predicted octanol–water partition coefficient (Wildman–Crippen LogP) is 4.83. The zero-order chi connectivity index (χ0) is 17.8. The summed E-state index contributed by atoms with van der Waals surface area (Å²) in [5.74, 6) is 0. The van der Waals surface area contributed by atoms with E-state index in [-0.39, 0.29) is 0 Å². The highest BCUT2D eigenvalue weighted by molar-refractivity contribution is 7.12. The van der Waals surface area contributed by atoms with Crippen LogP contribution in [0.5, 0.6) is 0 Å². The van der Waals surface area contributed by atoms with E-state index in [9.17, 15) is 0 Å². The Hall–Kier alpha value is -1.20. The summed E-state index contributed by atoms with van der Waals surface area (Å²) >= 11 is 1.92. The van der Waals surface area contributed by atoms with E-state index in [0.29, 0.717) is 6.10 Å². The normalized spacial score (nSPS) is 21.1. The van der Waals surface area contributed by atoms with Crippen molar-refractivity contribution in [2.45, 2.75) is 51.4 Å². The van der Waals surface area contributed by atoms with Crippen LogP contribution < -0.4 is 0 Å². The first-order chi connectivity index (χ1) is 12.8. The first-order valence-electron chi connectivity index (χ1n) is 9.96. The maximum absolute atomic E-state index is 5.82. The van der Waals surface area contributed by atoms with Crippen molar-refractivity contribution in [3.63, 3.8) is 0 Å². The lowest BCUT2D eigenvalue weighted by molar-refractivity contribution is 0.114. The third-order valence-electron chi connectivity index (χ3n) is 5.51. The number of thiophene rings is 1. The fourth-order valence-electron chi connectivity index (χ4n) is 4.11. The van der Waals surface area contributed by atoms with Gasteiger partial charge in [-0.2, -0.15) is 0 Å². The van der Waals surface area contributed by atoms with Gasteiger partial charge in [-0.25, -0.2) is 0 Å². The van der Waals surface area contributed by atoms with Gasteiger partial charge in [0, 0.05) is 36.0 Å². The molecule has 3 nitrogen and oxygen atoms in total. The molecule has 0 N–H and O–H groups in total. The van der Waals surface area contributed by atoms with Crippen molar-refractivity contribution >= 4 is 11.3 Å². The average Bonchev–Trinajstić information content (AvgIpc) is 3.38. The van der Waals surface area contributed by atoms with E-state index in [1.807, 2.05) is 11.3 Å². The van der Waals surface area contributed by atoms with Gasteiger partial charge in [-0.15, -0.1) is 11.3 Å². The van der Waals surface area contributed by atoms with E-state index >= 15 is 0 Å². The third kappa shape index (κ3) is 4.55. The molecule has 26 heavy (non-hydrogen) atoms. The Kier molecular flexibility index (Phi) is 6.05. The minimum atomic E-state index is 0.347. The second-order valence-corrected chi connectivity index (χ2v) is 8.93. The Morgan fingerprint density at radius 1 is 1.04 bits per heavy atom. The van der Waals surface area contributed by atoms with Crippen LogP contribution in [0.3, 0.4) is 0 Å². The van der Waals surface area contributed by atoms with Gasteiger partial charge in [0.2, 0.25) is 0 Å². The molecule has 1 atom stereocenters. The van der Waals surface area contributed by atoms with Crippen LogP contribution in [-0.2, 0) is 24.4 Å². The van der Waals surface area contributed by atoms with Gasteiger partial charge in [-0.3, -0.25) is 9.80 Å². The highest BCUT2D eigenvalue weighted by Gasteiger charge is 2.20. The number of benzene rings is 1. The number of hydrogen-bond donors (Lipinski definition) is 0. The molecule has 2 aliphatic rings. The summed E-state index contributed by atoms with van der Waals surface area (Å²) in [6, 6.07) is 13.5. The Labute approximate surface area is 161 Å². The molecule has 2 aliphatic heterocycles. The Balaban J connectivity index is 1.36. The molecule has 0 unspecified atom stereocenters. The summed E-state index contributed by atoms with van der Waals surface area (Å²) in [5.41, 5.74) is 2.96. The van der Waals surface area contributed by atoms with Gasteiger partial charge in [-0.05, 0) is 69.1 Å². The van der Waals surface area contributed by atoms with Crippen LogP contribution in [0, 0.1) is 0 Å². The van der Waals surface area contributed by atoms with Crippen molar-refractivity contribution in [2.24, 2.45) is 0 Å². The van der Waals surface area contributed by atoms with E-state index in [1.165, 1.54) is 59.7 Å². The topological polar surface area (TPSA) is 15.7 Å². The number of likely N-dealkylation sites (tertiary alicyclic amines) is 1. The summed E-state index contributed by atoms with van der Waals surface area (Å²) in [6.45, 7) is 6.56. The molecule has 2 fully saturated rings. The van der Waals surface area contributed by atoms with Gasteiger partial charge < -0.3 is 4.74 Å². The minimum absolute atomic E-state index is 0.347. The van der Waals surface area contributed by atoms with Crippen LogP contribution in [0.25, 0.3) is 0 Å². The number of rotatable bonds is 7. The molecule has 2 aromatic rings. The molecule has 4 heteroatoms. The van der Waals surface area contributed by atoms with Gasteiger partial charge in [0.15, 0.2) is 0 Å². The molecule has 0 spiro atoms. The molecule has 0 amide bonds. The highest BCUT2D eigenvalue weighted by atomic mass is 32.1. The van der Waals surface area contributed by atoms with Crippen molar-refractivity contribution in [2.75, 3.05) is 26.7 Å². The maximum Gasteiger partial charge on any atom is 0.0917 e. The minimum Gasteiger partial charge on any atom is -0.373 e. The van der Waals surface area contributed by atoms with Crippen LogP contribution in [0.1, 0.15) is 52.7 Å². The van der Waals surface area contributed by atoms with Crippen molar-refractivity contribution < 1.29 is 4.74 Å². The maximum atomic E-state index is 5.82. The molecule has 140 valence electrons. The van der Waals surface area contributed by atoms with Crippen molar-refractivity contribution in [1.82, 2.24) is 9.80 Å².